The molecule has 0 heterocycles. The fraction of sp³-hybridized carbons (Fsp3) is 0.227. The number of allylic oxidation sites excluding steroid dienone is 1. The predicted molar refractivity (Wildman–Crippen MR) is 129 cm³/mol. The van der Waals surface area contributed by atoms with Crippen molar-refractivity contribution < 1.29 is 19.4 Å². The fourth-order valence-electron chi connectivity index (χ4n) is 2.42. The summed E-state index contributed by atoms with van der Waals surface area (Å²) in [4.78, 5) is 11.2. The van der Waals surface area contributed by atoms with Crippen LogP contribution in [0.4, 0.5) is 0 Å². The Morgan fingerprint density at radius 3 is 2.59 bits per heavy atom. The second-order valence-electron chi connectivity index (χ2n) is 5.89. The number of hydrogen-bond donors (Lipinski definition) is 1. The third kappa shape index (κ3) is 8.51. The fourth-order valence-corrected chi connectivity index (χ4v) is 4.45. The number of carbonyl (C=O) groups is 1. The van der Waals surface area contributed by atoms with Gasteiger partial charge in [0.1, 0.15) is 12.4 Å². The first-order valence-electron chi connectivity index (χ1n) is 8.77. The number of carboxylic acids is 1. The highest BCUT2D eigenvalue weighted by atomic mass is 127. The van der Waals surface area contributed by atoms with Crippen molar-refractivity contribution >= 4 is 60.4 Å². The van der Waals surface area contributed by atoms with Crippen LogP contribution < -0.4 is 4.74 Å². The lowest BCUT2D eigenvalue weighted by Crippen LogP contribution is -2.26. The summed E-state index contributed by atoms with van der Waals surface area (Å²) in [5, 5.41) is 9.20. The Bertz CT molecular complexity index is 927. The number of aliphatic carboxylic acids is 1. The second kappa shape index (κ2) is 12.4. The molecule has 0 aliphatic heterocycles. The molecular formula is C22H19Br2IO4. The van der Waals surface area contributed by atoms with E-state index in [9.17, 15) is 9.90 Å². The third-order valence-electron chi connectivity index (χ3n) is 3.68. The van der Waals surface area contributed by atoms with Gasteiger partial charge in [-0.2, -0.15) is 0 Å². The average Bonchev–Trinajstić information content (AvgIpc) is 2.64. The molecule has 4 nitrogen and oxygen atoms in total. The van der Waals surface area contributed by atoms with Crippen LogP contribution in [0.25, 0.3) is 0 Å². The van der Waals surface area contributed by atoms with Crippen molar-refractivity contribution in [1.82, 2.24) is 0 Å². The van der Waals surface area contributed by atoms with E-state index in [1.165, 1.54) is 0 Å². The van der Waals surface area contributed by atoms with Gasteiger partial charge in [0.2, 0.25) is 0 Å². The molecule has 0 fully saturated rings. The molecule has 0 spiro atoms. The quantitative estimate of drug-likeness (QED) is 0.294. The second-order valence-corrected chi connectivity index (χ2v) is 8.89. The van der Waals surface area contributed by atoms with E-state index in [-0.39, 0.29) is 0 Å². The van der Waals surface area contributed by atoms with Crippen LogP contribution in [0.5, 0.6) is 5.75 Å². The molecule has 0 bridgehead atoms. The molecule has 0 amide bonds. The lowest BCUT2D eigenvalue weighted by Gasteiger charge is -2.13. The molecule has 2 aromatic rings. The van der Waals surface area contributed by atoms with Gasteiger partial charge in [-0.15, -0.1) is 0 Å². The van der Waals surface area contributed by atoms with Gasteiger partial charge in [-0.25, -0.2) is 4.79 Å². The number of rotatable bonds is 8. The number of carboxylic acid groups (broad SMARTS) is 1. The Hall–Kier alpha value is -1.34. The number of ether oxygens (including phenoxy) is 2. The van der Waals surface area contributed by atoms with Gasteiger partial charge >= 0.3 is 5.97 Å². The average molecular weight is 634 g/mol. The van der Waals surface area contributed by atoms with Crippen LogP contribution in [-0.4, -0.2) is 30.4 Å². The number of hydrogen-bond acceptors (Lipinski definition) is 3. The normalized spacial score (nSPS) is 11.7. The molecule has 2 rings (SSSR count). The number of benzene rings is 2. The van der Waals surface area contributed by atoms with Gasteiger partial charge in [-0.3, -0.25) is 0 Å². The molecule has 1 N–H and O–H groups in total. The smallest absolute Gasteiger partial charge is 0.333 e. The lowest BCUT2D eigenvalue weighted by atomic mass is 10.1. The van der Waals surface area contributed by atoms with Crippen LogP contribution in [-0.2, 0) is 16.0 Å². The van der Waals surface area contributed by atoms with E-state index in [0.29, 0.717) is 19.6 Å². The van der Waals surface area contributed by atoms with E-state index in [1.807, 2.05) is 42.5 Å². The predicted octanol–water partition coefficient (Wildman–Crippen LogP) is 5.84. The minimum atomic E-state index is -0.955. The summed E-state index contributed by atoms with van der Waals surface area (Å²) in [6.45, 7) is 2.54. The van der Waals surface area contributed by atoms with E-state index in [0.717, 1.165) is 29.4 Å². The molecule has 152 valence electrons. The summed E-state index contributed by atoms with van der Waals surface area (Å²) >= 11 is 9.06. The summed E-state index contributed by atoms with van der Waals surface area (Å²) in [5.74, 6) is 5.84. The van der Waals surface area contributed by atoms with Crippen LogP contribution >= 0.6 is 54.5 Å². The van der Waals surface area contributed by atoms with Gasteiger partial charge < -0.3 is 14.6 Å². The monoisotopic (exact) mass is 632 g/mol. The largest absolute Gasteiger partial charge is 0.488 e. The Labute approximate surface area is 201 Å². The maximum atomic E-state index is 11.2. The van der Waals surface area contributed by atoms with Crippen molar-refractivity contribution in [2.75, 3.05) is 13.2 Å². The topological polar surface area (TPSA) is 55.8 Å². The SMILES string of the molecule is CCOC(Cc1ccc(OC/C=C\C#Cc2cc(Br)cc(Br)c2)c(I)c1)C(=O)O. The molecule has 0 saturated carbocycles. The standard InChI is InChI=1S/C22H19Br2IO4/c1-2-28-21(22(26)27)13-16-7-8-20(19(25)12-16)29-9-5-3-4-6-15-10-17(23)14-18(24)11-15/h3,5,7-8,10-12,14,21H,2,9,13H2,1H3,(H,26,27)/b5-3-. The molecule has 0 aliphatic carbocycles. The molecule has 0 saturated heterocycles. The lowest BCUT2D eigenvalue weighted by molar-refractivity contribution is -0.149. The van der Waals surface area contributed by atoms with Crippen molar-refractivity contribution in [2.45, 2.75) is 19.4 Å². The molecule has 2 aromatic carbocycles. The van der Waals surface area contributed by atoms with E-state index < -0.39 is 12.1 Å². The van der Waals surface area contributed by atoms with Gasteiger partial charge in [0.05, 0.1) is 3.57 Å². The van der Waals surface area contributed by atoms with Gasteiger partial charge in [0.25, 0.3) is 0 Å². The maximum Gasteiger partial charge on any atom is 0.333 e. The highest BCUT2D eigenvalue weighted by Gasteiger charge is 2.18. The van der Waals surface area contributed by atoms with E-state index in [4.69, 9.17) is 9.47 Å². The Kier molecular flexibility index (Phi) is 10.2. The van der Waals surface area contributed by atoms with Crippen molar-refractivity contribution in [3.8, 4) is 17.6 Å². The van der Waals surface area contributed by atoms with E-state index >= 15 is 0 Å². The van der Waals surface area contributed by atoms with Crippen molar-refractivity contribution in [3.05, 3.63) is 72.2 Å². The zero-order valence-corrected chi connectivity index (χ0v) is 21.0. The molecule has 1 unspecified atom stereocenters. The highest BCUT2D eigenvalue weighted by Crippen LogP contribution is 2.23. The summed E-state index contributed by atoms with van der Waals surface area (Å²) in [6, 6.07) is 11.5. The number of halogens is 3. The maximum absolute atomic E-state index is 11.2. The van der Waals surface area contributed by atoms with Gasteiger partial charge in [-0.05, 0) is 77.6 Å². The van der Waals surface area contributed by atoms with Crippen LogP contribution in [0, 0.1) is 15.4 Å². The first-order valence-corrected chi connectivity index (χ1v) is 11.4. The van der Waals surface area contributed by atoms with Crippen molar-refractivity contribution in [2.24, 2.45) is 0 Å². The summed E-state index contributed by atoms with van der Waals surface area (Å²) in [6.07, 6.45) is 3.09. The molecule has 0 aromatic heterocycles. The van der Waals surface area contributed by atoms with E-state index in [2.05, 4.69) is 66.3 Å². The minimum absolute atomic E-state index is 0.320. The molecule has 7 heteroatoms. The Morgan fingerprint density at radius 1 is 1.24 bits per heavy atom. The van der Waals surface area contributed by atoms with Crippen LogP contribution in [0.15, 0.2) is 57.5 Å². The Morgan fingerprint density at radius 2 is 1.97 bits per heavy atom. The summed E-state index contributed by atoms with van der Waals surface area (Å²) in [5.41, 5.74) is 1.80. The van der Waals surface area contributed by atoms with Crippen molar-refractivity contribution in [1.29, 1.82) is 0 Å². The zero-order valence-electron chi connectivity index (χ0n) is 15.6. The molecule has 1 atom stereocenters. The minimum Gasteiger partial charge on any atom is -0.488 e. The van der Waals surface area contributed by atoms with Crippen LogP contribution in [0.1, 0.15) is 18.1 Å². The van der Waals surface area contributed by atoms with Gasteiger partial charge in [0.15, 0.2) is 6.10 Å². The molecule has 29 heavy (non-hydrogen) atoms. The zero-order chi connectivity index (χ0) is 21.2. The molecule has 0 radical (unpaired) electrons. The first-order chi connectivity index (χ1) is 13.9. The van der Waals surface area contributed by atoms with Crippen molar-refractivity contribution in [3.63, 3.8) is 0 Å². The van der Waals surface area contributed by atoms with Gasteiger partial charge in [-0.1, -0.05) is 49.8 Å². The third-order valence-corrected chi connectivity index (χ3v) is 5.43. The van der Waals surface area contributed by atoms with Crippen LogP contribution in [0.2, 0.25) is 0 Å². The summed E-state index contributed by atoms with van der Waals surface area (Å²) in [7, 11) is 0. The summed E-state index contributed by atoms with van der Waals surface area (Å²) < 4.78 is 13.9. The Balaban J connectivity index is 1.90. The van der Waals surface area contributed by atoms with Gasteiger partial charge in [0, 0.05) is 27.5 Å². The van der Waals surface area contributed by atoms with Crippen LogP contribution in [0.3, 0.4) is 0 Å². The first kappa shape index (κ1) is 23.9. The van der Waals surface area contributed by atoms with E-state index in [1.54, 1.807) is 13.0 Å². The highest BCUT2D eigenvalue weighted by molar-refractivity contribution is 14.1. The molecule has 0 aliphatic rings. The molecular weight excluding hydrogens is 615 g/mol.